The van der Waals surface area contributed by atoms with Crippen LogP contribution in [0.15, 0.2) is 36.5 Å². The third-order valence-electron chi connectivity index (χ3n) is 4.03. The van der Waals surface area contributed by atoms with E-state index >= 15 is 0 Å². The van der Waals surface area contributed by atoms with Gasteiger partial charge in [0, 0.05) is 24.1 Å². The normalized spacial score (nSPS) is 13.8. The monoisotopic (exact) mass is 324 g/mol. The molecule has 24 heavy (non-hydrogen) atoms. The first-order valence-electron chi connectivity index (χ1n) is 7.90. The molecule has 124 valence electrons. The molecule has 6 heteroatoms. The van der Waals surface area contributed by atoms with Crippen LogP contribution >= 0.6 is 0 Å². The predicted molar refractivity (Wildman–Crippen MR) is 91.5 cm³/mol. The van der Waals surface area contributed by atoms with Crippen LogP contribution in [0, 0.1) is 6.92 Å². The van der Waals surface area contributed by atoms with Crippen molar-refractivity contribution in [2.75, 3.05) is 5.32 Å². The fraction of sp³-hybridized carbons (Fsp3) is 0.278. The second kappa shape index (κ2) is 6.70. The molecule has 3 rings (SSSR count). The molecule has 0 aliphatic carbocycles. The van der Waals surface area contributed by atoms with Crippen LogP contribution in [0.3, 0.4) is 0 Å². The Morgan fingerprint density at radius 2 is 2.17 bits per heavy atom. The van der Waals surface area contributed by atoms with Crippen LogP contribution in [0.2, 0.25) is 0 Å². The van der Waals surface area contributed by atoms with Crippen LogP contribution < -0.4 is 16.0 Å². The van der Waals surface area contributed by atoms with Gasteiger partial charge in [0.25, 0.3) is 0 Å². The van der Waals surface area contributed by atoms with Gasteiger partial charge in [0.1, 0.15) is 0 Å². The van der Waals surface area contributed by atoms with Crippen molar-refractivity contribution in [2.45, 2.75) is 32.9 Å². The number of benzene rings is 1. The number of anilines is 1. The van der Waals surface area contributed by atoms with E-state index in [-0.39, 0.29) is 18.0 Å². The molecule has 0 fully saturated rings. The molecule has 1 aliphatic heterocycles. The van der Waals surface area contributed by atoms with Gasteiger partial charge in [-0.2, -0.15) is 0 Å². The van der Waals surface area contributed by atoms with Gasteiger partial charge in [-0.25, -0.2) is 4.79 Å². The van der Waals surface area contributed by atoms with Crippen LogP contribution in [0.1, 0.15) is 35.3 Å². The smallest absolute Gasteiger partial charge is 0.315 e. The molecule has 6 nitrogen and oxygen atoms in total. The zero-order valence-electron chi connectivity index (χ0n) is 13.7. The van der Waals surface area contributed by atoms with Crippen LogP contribution in [0.25, 0.3) is 0 Å². The Kier molecular flexibility index (Phi) is 4.46. The third-order valence-corrected chi connectivity index (χ3v) is 4.03. The minimum absolute atomic E-state index is 0.00668. The average Bonchev–Trinajstić information content (AvgIpc) is 2.93. The Morgan fingerprint density at radius 1 is 1.33 bits per heavy atom. The average molecular weight is 324 g/mol. The molecule has 2 heterocycles. The molecule has 0 saturated carbocycles. The van der Waals surface area contributed by atoms with E-state index in [2.05, 4.69) is 20.9 Å². The lowest BCUT2D eigenvalue weighted by Crippen LogP contribution is -2.36. The lowest BCUT2D eigenvalue weighted by Gasteiger charge is -2.16. The summed E-state index contributed by atoms with van der Waals surface area (Å²) in [5.74, 6) is 0.00668. The Labute approximate surface area is 140 Å². The fourth-order valence-electron chi connectivity index (χ4n) is 2.63. The van der Waals surface area contributed by atoms with Gasteiger partial charge in [0.05, 0.1) is 12.5 Å². The molecule has 1 aliphatic rings. The molecule has 3 N–H and O–H groups in total. The van der Waals surface area contributed by atoms with E-state index in [9.17, 15) is 9.59 Å². The van der Waals surface area contributed by atoms with Crippen molar-refractivity contribution in [2.24, 2.45) is 0 Å². The highest BCUT2D eigenvalue weighted by atomic mass is 16.2. The van der Waals surface area contributed by atoms with E-state index in [1.165, 1.54) is 0 Å². The van der Waals surface area contributed by atoms with Gasteiger partial charge in [-0.15, -0.1) is 0 Å². The first kappa shape index (κ1) is 16.0. The quantitative estimate of drug-likeness (QED) is 0.808. The number of nitrogens with zero attached hydrogens (tertiary/aromatic N) is 1. The first-order valence-corrected chi connectivity index (χ1v) is 7.90. The van der Waals surface area contributed by atoms with Crippen LogP contribution in [-0.4, -0.2) is 16.9 Å². The predicted octanol–water partition coefficient (Wildman–Crippen LogP) is 2.45. The summed E-state index contributed by atoms with van der Waals surface area (Å²) in [6.07, 6.45) is 2.14. The van der Waals surface area contributed by atoms with E-state index in [0.717, 1.165) is 28.1 Å². The number of carbonyl (C=O) groups excluding carboxylic acids is 2. The molecule has 3 amide bonds. The van der Waals surface area contributed by atoms with Gasteiger partial charge in [-0.05, 0) is 42.7 Å². The van der Waals surface area contributed by atoms with Crippen molar-refractivity contribution < 1.29 is 9.59 Å². The Bertz CT molecular complexity index is 771. The zero-order valence-corrected chi connectivity index (χ0v) is 13.7. The Morgan fingerprint density at radius 3 is 2.92 bits per heavy atom. The summed E-state index contributed by atoms with van der Waals surface area (Å²) in [5.41, 5.74) is 4.69. The van der Waals surface area contributed by atoms with Gasteiger partial charge in [0.15, 0.2) is 0 Å². The lowest BCUT2D eigenvalue weighted by molar-refractivity contribution is -0.115. The lowest BCUT2D eigenvalue weighted by atomic mass is 10.0. The molecule has 1 aromatic heterocycles. The van der Waals surface area contributed by atoms with Crippen molar-refractivity contribution in [3.8, 4) is 0 Å². The van der Waals surface area contributed by atoms with Crippen molar-refractivity contribution >= 4 is 17.6 Å². The molecule has 0 bridgehead atoms. The number of amides is 3. The summed E-state index contributed by atoms with van der Waals surface area (Å²) >= 11 is 0. The number of pyridine rings is 1. The molecular formula is C18H20N4O2. The van der Waals surface area contributed by atoms with Gasteiger partial charge >= 0.3 is 6.03 Å². The maximum Gasteiger partial charge on any atom is 0.315 e. The number of nitrogens with one attached hydrogen (secondary N) is 3. The third kappa shape index (κ3) is 3.71. The van der Waals surface area contributed by atoms with E-state index in [4.69, 9.17) is 0 Å². The van der Waals surface area contributed by atoms with Crippen molar-refractivity contribution in [3.05, 3.63) is 58.9 Å². The molecule has 1 atom stereocenters. The maximum absolute atomic E-state index is 12.0. The number of carbonyl (C=O) groups is 2. The number of aryl methyl sites for hydroxylation is 1. The number of aromatic nitrogens is 1. The minimum atomic E-state index is -0.238. The van der Waals surface area contributed by atoms with Gasteiger partial charge in [-0.1, -0.05) is 18.2 Å². The summed E-state index contributed by atoms with van der Waals surface area (Å²) in [6.45, 7) is 4.26. The molecule has 0 spiro atoms. The number of rotatable bonds is 4. The number of fused-ring (bicyclic) bond motifs is 1. The van der Waals surface area contributed by atoms with Crippen LogP contribution in [-0.2, 0) is 17.8 Å². The zero-order chi connectivity index (χ0) is 17.1. The SMILES string of the molecule is Cc1ccc(CNC(=O)N[C@@H](C)c2ccc3c(c2)CC(=O)N3)cn1. The number of urea groups is 1. The molecular weight excluding hydrogens is 304 g/mol. The highest BCUT2D eigenvalue weighted by Gasteiger charge is 2.19. The fourth-order valence-corrected chi connectivity index (χ4v) is 2.63. The topological polar surface area (TPSA) is 83.1 Å². The van der Waals surface area contributed by atoms with E-state index in [1.54, 1.807) is 6.20 Å². The van der Waals surface area contributed by atoms with Gasteiger partial charge in [0.2, 0.25) is 5.91 Å². The summed E-state index contributed by atoms with van der Waals surface area (Å²) in [7, 11) is 0. The molecule has 1 aromatic carbocycles. The minimum Gasteiger partial charge on any atom is -0.334 e. The highest BCUT2D eigenvalue weighted by Crippen LogP contribution is 2.26. The summed E-state index contributed by atoms with van der Waals surface area (Å²) < 4.78 is 0. The second-order valence-corrected chi connectivity index (χ2v) is 6.00. The summed E-state index contributed by atoms with van der Waals surface area (Å²) in [5, 5.41) is 8.53. The number of hydrogen-bond acceptors (Lipinski definition) is 3. The number of hydrogen-bond donors (Lipinski definition) is 3. The van der Waals surface area contributed by atoms with Crippen LogP contribution in [0.5, 0.6) is 0 Å². The molecule has 0 saturated heterocycles. The Balaban J connectivity index is 1.55. The standard InChI is InChI=1S/C18H20N4O2/c1-11-3-4-13(9-19-11)10-20-18(24)21-12(2)14-5-6-16-15(7-14)8-17(23)22-16/h3-7,9,12H,8,10H2,1-2H3,(H,22,23)(H2,20,21,24)/t12-/m0/s1. The van der Waals surface area contributed by atoms with E-state index in [1.807, 2.05) is 44.2 Å². The molecule has 2 aromatic rings. The second-order valence-electron chi connectivity index (χ2n) is 6.00. The largest absolute Gasteiger partial charge is 0.334 e. The van der Waals surface area contributed by atoms with Crippen molar-refractivity contribution in [1.29, 1.82) is 0 Å². The van der Waals surface area contributed by atoms with Crippen molar-refractivity contribution in [3.63, 3.8) is 0 Å². The molecule has 0 radical (unpaired) electrons. The summed E-state index contributed by atoms with van der Waals surface area (Å²) in [6, 6.07) is 9.22. The summed E-state index contributed by atoms with van der Waals surface area (Å²) in [4.78, 5) is 27.6. The maximum atomic E-state index is 12.0. The van der Waals surface area contributed by atoms with Gasteiger partial charge < -0.3 is 16.0 Å². The van der Waals surface area contributed by atoms with Gasteiger partial charge in [-0.3, -0.25) is 9.78 Å². The first-order chi connectivity index (χ1) is 11.5. The molecule has 0 unspecified atom stereocenters. The van der Waals surface area contributed by atoms with Crippen molar-refractivity contribution in [1.82, 2.24) is 15.6 Å². The van der Waals surface area contributed by atoms with Crippen LogP contribution in [0.4, 0.5) is 10.5 Å². The van der Waals surface area contributed by atoms with E-state index < -0.39 is 0 Å². The van der Waals surface area contributed by atoms with E-state index in [0.29, 0.717) is 13.0 Å². The Hall–Kier alpha value is -2.89. The highest BCUT2D eigenvalue weighted by molar-refractivity contribution is 5.99.